The number of alkyl halides is 3. The van der Waals surface area contributed by atoms with Gasteiger partial charge in [-0.1, -0.05) is 20.8 Å². The van der Waals surface area contributed by atoms with E-state index in [0.717, 1.165) is 62.3 Å². The average Bonchev–Trinajstić information content (AvgIpc) is 2.93. The number of fused-ring (bicyclic) bond motifs is 1. The van der Waals surface area contributed by atoms with Gasteiger partial charge in [-0.05, 0) is 45.2 Å². The van der Waals surface area contributed by atoms with Crippen LogP contribution in [0, 0.1) is 5.41 Å². The van der Waals surface area contributed by atoms with E-state index >= 15 is 0 Å². The highest BCUT2D eigenvalue weighted by Gasteiger charge is 2.38. The molecule has 4 rings (SSSR count). The summed E-state index contributed by atoms with van der Waals surface area (Å²) in [5, 5.41) is 14.0. The van der Waals surface area contributed by atoms with Crippen LogP contribution < -0.4 is 15.5 Å². The molecule has 1 fully saturated rings. The highest BCUT2D eigenvalue weighted by atomic mass is 19.4. The van der Waals surface area contributed by atoms with Gasteiger partial charge in [0.25, 0.3) is 0 Å². The number of carboxylic acid groups (broad SMARTS) is 1. The molecule has 0 saturated carbocycles. The first-order chi connectivity index (χ1) is 20.2. The van der Waals surface area contributed by atoms with Crippen LogP contribution in [0.5, 0.6) is 0 Å². The quantitative estimate of drug-likeness (QED) is 0.355. The number of hydrogen-bond donors (Lipinski definition) is 3. The van der Waals surface area contributed by atoms with Crippen molar-refractivity contribution in [3.63, 3.8) is 0 Å². The number of aliphatic carboxylic acids is 1. The van der Waals surface area contributed by atoms with Crippen molar-refractivity contribution in [3.05, 3.63) is 23.3 Å². The smallest absolute Gasteiger partial charge is 0.475 e. The first-order valence-electron chi connectivity index (χ1n) is 14.5. The highest BCUT2D eigenvalue weighted by Crippen LogP contribution is 2.25. The summed E-state index contributed by atoms with van der Waals surface area (Å²) in [6.07, 6.45) is 2.01. The summed E-state index contributed by atoms with van der Waals surface area (Å²) in [6.45, 7) is 12.9. The molecule has 0 spiro atoms. The Morgan fingerprint density at radius 1 is 1.14 bits per heavy atom. The second-order valence-electron chi connectivity index (χ2n) is 12.1. The minimum atomic E-state index is -5.08. The van der Waals surface area contributed by atoms with Crippen molar-refractivity contribution in [2.45, 2.75) is 84.6 Å². The lowest BCUT2D eigenvalue weighted by atomic mass is 9.90. The van der Waals surface area contributed by atoms with Crippen LogP contribution in [-0.4, -0.2) is 99.6 Å². The Bertz CT molecular complexity index is 1210. The Kier molecular flexibility index (Phi) is 11.8. The predicted molar refractivity (Wildman–Crippen MR) is 157 cm³/mol. The number of anilines is 3. The summed E-state index contributed by atoms with van der Waals surface area (Å²) in [4.78, 5) is 37.3. The van der Waals surface area contributed by atoms with Crippen molar-refractivity contribution < 1.29 is 27.8 Å². The number of nitrogens with one attached hydrogen (secondary N) is 2. The zero-order chi connectivity index (χ0) is 31.8. The molecule has 12 nitrogen and oxygen atoms in total. The van der Waals surface area contributed by atoms with Crippen molar-refractivity contribution in [2.24, 2.45) is 5.41 Å². The van der Waals surface area contributed by atoms with Gasteiger partial charge < -0.3 is 30.3 Å². The topological polar surface area (TPSA) is 142 Å². The molecule has 2 aromatic heterocycles. The number of aryl methyl sites for hydroxylation is 1. The summed E-state index contributed by atoms with van der Waals surface area (Å²) in [7, 11) is 3.87. The third kappa shape index (κ3) is 10.7. The lowest BCUT2D eigenvalue weighted by Crippen LogP contribution is -2.47. The van der Waals surface area contributed by atoms with Crippen molar-refractivity contribution >= 4 is 23.8 Å². The summed E-state index contributed by atoms with van der Waals surface area (Å²) < 4.78 is 36.9. The largest absolute Gasteiger partial charge is 0.490 e. The SMILES string of the molecule is COCCNc1nc(NC2CCCN(C)C2C)nc(N2CCc3nc(CCC(C)(C)C)ncc3C2)n1.O=C(O)C(F)(F)F. The molecular formula is C28H44F3N9O3. The van der Waals surface area contributed by atoms with Gasteiger partial charge in [-0.2, -0.15) is 28.1 Å². The summed E-state index contributed by atoms with van der Waals surface area (Å²) in [5.41, 5.74) is 2.57. The fraction of sp³-hybridized carbons (Fsp3) is 0.714. The van der Waals surface area contributed by atoms with Crippen molar-refractivity contribution in [2.75, 3.05) is 55.9 Å². The lowest BCUT2D eigenvalue weighted by molar-refractivity contribution is -0.192. The van der Waals surface area contributed by atoms with Gasteiger partial charge in [0.15, 0.2) is 0 Å². The van der Waals surface area contributed by atoms with Crippen molar-refractivity contribution in [1.29, 1.82) is 0 Å². The van der Waals surface area contributed by atoms with E-state index in [1.165, 1.54) is 0 Å². The molecule has 1 saturated heterocycles. The standard InChI is InChI=1S/C26H43N9O.C2HF3O2/c1-18-20(8-7-13-34(18)5)30-24-31-23(27-12-15-36-6)32-25(33-24)35-14-10-21-19(17-35)16-28-22(29-21)9-11-26(2,3)4;3-2(4,5)1(6)7/h16,18,20H,7-15,17H2,1-6H3,(H2,27,30,31,32,33);(H,6,7). The van der Waals surface area contributed by atoms with E-state index in [4.69, 9.17) is 29.6 Å². The molecule has 2 atom stereocenters. The molecule has 2 aromatic rings. The van der Waals surface area contributed by atoms with Crippen LogP contribution in [0.1, 0.15) is 64.0 Å². The number of likely N-dealkylation sites (N-methyl/N-ethyl adjacent to an activating group) is 1. The Labute approximate surface area is 250 Å². The van der Waals surface area contributed by atoms with Crippen molar-refractivity contribution in [1.82, 2.24) is 29.8 Å². The third-order valence-electron chi connectivity index (χ3n) is 7.44. The monoisotopic (exact) mass is 611 g/mol. The van der Waals surface area contributed by atoms with Gasteiger partial charge >= 0.3 is 12.1 Å². The van der Waals surface area contributed by atoms with Gasteiger partial charge in [-0.25, -0.2) is 14.8 Å². The van der Waals surface area contributed by atoms with E-state index in [-0.39, 0.29) is 5.41 Å². The maximum atomic E-state index is 10.6. The summed E-state index contributed by atoms with van der Waals surface area (Å²) in [6, 6.07) is 0.711. The van der Waals surface area contributed by atoms with Gasteiger partial charge in [0.05, 0.1) is 12.3 Å². The highest BCUT2D eigenvalue weighted by molar-refractivity contribution is 5.73. The number of aromatic nitrogens is 5. The number of halogens is 3. The van der Waals surface area contributed by atoms with Crippen LogP contribution in [0.3, 0.4) is 0 Å². The molecule has 2 aliphatic rings. The Morgan fingerprint density at radius 2 is 1.84 bits per heavy atom. The molecule has 2 unspecified atom stereocenters. The lowest BCUT2D eigenvalue weighted by Gasteiger charge is -2.37. The third-order valence-corrected chi connectivity index (χ3v) is 7.44. The molecule has 0 amide bonds. The van der Waals surface area contributed by atoms with Gasteiger partial charge in [-0.15, -0.1) is 0 Å². The molecule has 2 aliphatic heterocycles. The maximum absolute atomic E-state index is 10.6. The van der Waals surface area contributed by atoms with E-state index in [2.05, 4.69) is 65.1 Å². The molecule has 0 aliphatic carbocycles. The molecule has 3 N–H and O–H groups in total. The van der Waals surface area contributed by atoms with Gasteiger partial charge in [0.2, 0.25) is 17.8 Å². The second-order valence-corrected chi connectivity index (χ2v) is 12.1. The number of ether oxygens (including phenoxy) is 1. The van der Waals surface area contributed by atoms with Crippen LogP contribution in [-0.2, 0) is 28.9 Å². The first-order valence-corrected chi connectivity index (χ1v) is 14.5. The predicted octanol–water partition coefficient (Wildman–Crippen LogP) is 3.79. The Morgan fingerprint density at radius 3 is 2.49 bits per heavy atom. The average molecular weight is 612 g/mol. The van der Waals surface area contributed by atoms with Gasteiger partial charge in [-0.3, -0.25) is 0 Å². The van der Waals surface area contributed by atoms with E-state index in [9.17, 15) is 13.2 Å². The maximum Gasteiger partial charge on any atom is 0.490 e. The first kappa shape index (κ1) is 34.2. The van der Waals surface area contributed by atoms with Crippen LogP contribution >= 0.6 is 0 Å². The Balaban J connectivity index is 0.000000646. The summed E-state index contributed by atoms with van der Waals surface area (Å²) >= 11 is 0. The van der Waals surface area contributed by atoms with Crippen LogP contribution in [0.4, 0.5) is 31.0 Å². The number of hydrogen-bond acceptors (Lipinski definition) is 11. The molecule has 4 heterocycles. The number of likely N-dealkylation sites (tertiary alicyclic amines) is 1. The molecule has 43 heavy (non-hydrogen) atoms. The van der Waals surface area contributed by atoms with Crippen LogP contribution in [0.2, 0.25) is 0 Å². The summed E-state index contributed by atoms with van der Waals surface area (Å²) in [5.74, 6) is 0.0433. The fourth-order valence-electron chi connectivity index (χ4n) is 4.72. The van der Waals surface area contributed by atoms with E-state index in [0.29, 0.717) is 49.6 Å². The van der Waals surface area contributed by atoms with Gasteiger partial charge in [0, 0.05) is 63.4 Å². The Hall–Kier alpha value is -3.33. The van der Waals surface area contributed by atoms with Gasteiger partial charge in [0.1, 0.15) is 5.82 Å². The van der Waals surface area contributed by atoms with Crippen LogP contribution in [0.25, 0.3) is 0 Å². The molecule has 15 heteroatoms. The minimum absolute atomic E-state index is 0.278. The minimum Gasteiger partial charge on any atom is -0.475 e. The number of carboxylic acids is 1. The van der Waals surface area contributed by atoms with Crippen LogP contribution in [0.15, 0.2) is 6.20 Å². The zero-order valence-corrected chi connectivity index (χ0v) is 25.8. The van der Waals surface area contributed by atoms with E-state index in [1.54, 1.807) is 7.11 Å². The number of methoxy groups -OCH3 is 1. The van der Waals surface area contributed by atoms with E-state index < -0.39 is 12.1 Å². The van der Waals surface area contributed by atoms with Crippen molar-refractivity contribution in [3.8, 4) is 0 Å². The number of nitrogens with zero attached hydrogens (tertiary/aromatic N) is 7. The molecule has 0 aromatic carbocycles. The van der Waals surface area contributed by atoms with E-state index in [1.807, 2.05) is 6.20 Å². The number of piperidine rings is 1. The zero-order valence-electron chi connectivity index (χ0n) is 25.8. The fourth-order valence-corrected chi connectivity index (χ4v) is 4.72. The molecular weight excluding hydrogens is 567 g/mol. The normalized spacial score (nSPS) is 19.2. The molecule has 0 radical (unpaired) electrons. The molecule has 240 valence electrons. The number of carbonyl (C=O) groups is 1. The molecule has 0 bridgehead atoms. The second kappa shape index (κ2) is 14.9. The number of rotatable bonds is 9.